The Balaban J connectivity index is 1.60. The Morgan fingerprint density at radius 1 is 1.22 bits per heavy atom. The maximum Gasteiger partial charge on any atom is 0.319 e. The topological polar surface area (TPSA) is 68.2 Å². The van der Waals surface area contributed by atoms with Gasteiger partial charge in [0.2, 0.25) is 0 Å². The molecule has 0 atom stereocenters. The van der Waals surface area contributed by atoms with E-state index in [-0.39, 0.29) is 6.03 Å². The molecule has 0 aliphatic heterocycles. The van der Waals surface area contributed by atoms with Crippen LogP contribution in [0.5, 0.6) is 0 Å². The number of pyridine rings is 1. The fourth-order valence-electron chi connectivity index (χ4n) is 3.29. The van der Waals surface area contributed by atoms with Crippen molar-refractivity contribution < 1.29 is 9.53 Å². The van der Waals surface area contributed by atoms with Crippen LogP contribution in [0, 0.1) is 13.8 Å². The average Bonchev–Trinajstić information content (AvgIpc) is 2.97. The number of nitrogens with zero attached hydrogens (tertiary/aromatic N) is 2. The molecule has 0 fully saturated rings. The van der Waals surface area contributed by atoms with E-state index in [1.54, 1.807) is 13.3 Å². The average molecular weight is 366 g/mol. The minimum atomic E-state index is -0.193. The third-order valence-corrected chi connectivity index (χ3v) is 4.41. The van der Waals surface area contributed by atoms with Crippen molar-refractivity contribution >= 4 is 22.8 Å². The second-order valence-electron chi connectivity index (χ2n) is 6.72. The number of aryl methyl sites for hydroxylation is 2. The zero-order chi connectivity index (χ0) is 19.2. The van der Waals surface area contributed by atoms with Gasteiger partial charge in [-0.25, -0.2) is 9.78 Å². The molecule has 6 nitrogen and oxygen atoms in total. The summed E-state index contributed by atoms with van der Waals surface area (Å²) in [5.74, 6) is 0. The van der Waals surface area contributed by atoms with E-state index in [1.807, 2.05) is 32.0 Å². The van der Waals surface area contributed by atoms with E-state index < -0.39 is 0 Å². The summed E-state index contributed by atoms with van der Waals surface area (Å²) in [4.78, 5) is 16.7. The molecule has 6 heteroatoms. The summed E-state index contributed by atoms with van der Waals surface area (Å²) in [7, 11) is 1.69. The van der Waals surface area contributed by atoms with Gasteiger partial charge in [0.1, 0.15) is 5.65 Å². The summed E-state index contributed by atoms with van der Waals surface area (Å²) < 4.78 is 7.28. The summed E-state index contributed by atoms with van der Waals surface area (Å²) in [5.41, 5.74) is 5.18. The largest absolute Gasteiger partial charge is 0.383 e. The lowest BCUT2D eigenvalue weighted by Crippen LogP contribution is -2.30. The summed E-state index contributed by atoms with van der Waals surface area (Å²) in [6.07, 6.45) is 4.63. The van der Waals surface area contributed by atoms with Gasteiger partial charge in [0.15, 0.2) is 0 Å². The van der Waals surface area contributed by atoms with Gasteiger partial charge in [-0.3, -0.25) is 0 Å². The molecule has 0 bridgehead atoms. The van der Waals surface area contributed by atoms with Crippen molar-refractivity contribution in [3.05, 3.63) is 59.4 Å². The minimum Gasteiger partial charge on any atom is -0.383 e. The first-order chi connectivity index (χ1) is 13.1. The molecule has 1 aromatic carbocycles. The molecule has 0 unspecified atom stereocenters. The number of urea groups is 1. The zero-order valence-electron chi connectivity index (χ0n) is 16.1. The number of nitrogens with one attached hydrogen (secondary N) is 2. The standard InChI is InChI=1S/C21H26N4O2/c1-15-11-16(2)13-18(12-15)24-21(26)23-8-6-17-14-25(9-10-27-3)20-19(17)5-4-7-22-20/h4-5,7,11-14H,6,8-10H2,1-3H3,(H2,23,24,26). The highest BCUT2D eigenvalue weighted by molar-refractivity contribution is 5.89. The normalized spacial score (nSPS) is 10.9. The minimum absolute atomic E-state index is 0.193. The Labute approximate surface area is 159 Å². The molecule has 0 aliphatic carbocycles. The van der Waals surface area contributed by atoms with E-state index in [9.17, 15) is 4.79 Å². The molecule has 2 aromatic heterocycles. The quantitative estimate of drug-likeness (QED) is 0.670. The molecule has 0 saturated heterocycles. The number of amides is 2. The Bertz CT molecular complexity index is 913. The third kappa shape index (κ3) is 4.86. The van der Waals surface area contributed by atoms with E-state index >= 15 is 0 Å². The molecule has 0 radical (unpaired) electrons. The van der Waals surface area contributed by atoms with E-state index in [1.165, 1.54) is 5.56 Å². The van der Waals surface area contributed by atoms with E-state index in [2.05, 4.69) is 38.5 Å². The monoisotopic (exact) mass is 366 g/mol. The maximum atomic E-state index is 12.2. The van der Waals surface area contributed by atoms with Crippen LogP contribution >= 0.6 is 0 Å². The number of fused-ring (bicyclic) bond motifs is 1. The Kier molecular flexibility index (Phi) is 6.08. The van der Waals surface area contributed by atoms with Gasteiger partial charge in [0, 0.05) is 43.7 Å². The summed E-state index contributed by atoms with van der Waals surface area (Å²) >= 11 is 0. The molecule has 3 aromatic rings. The van der Waals surface area contributed by atoms with E-state index in [0.29, 0.717) is 13.2 Å². The number of ether oxygens (including phenoxy) is 1. The van der Waals surface area contributed by atoms with Gasteiger partial charge >= 0.3 is 6.03 Å². The van der Waals surface area contributed by atoms with Crippen LogP contribution in [-0.4, -0.2) is 35.8 Å². The third-order valence-electron chi connectivity index (χ3n) is 4.41. The van der Waals surface area contributed by atoms with Gasteiger partial charge in [-0.05, 0) is 61.2 Å². The van der Waals surface area contributed by atoms with Crippen LogP contribution in [0.1, 0.15) is 16.7 Å². The van der Waals surface area contributed by atoms with Gasteiger partial charge in [-0.15, -0.1) is 0 Å². The molecule has 0 spiro atoms. The highest BCUT2D eigenvalue weighted by Crippen LogP contribution is 2.19. The summed E-state index contributed by atoms with van der Waals surface area (Å²) in [6, 6.07) is 9.81. The van der Waals surface area contributed by atoms with Gasteiger partial charge in [-0.1, -0.05) is 6.07 Å². The molecular weight excluding hydrogens is 340 g/mol. The first-order valence-corrected chi connectivity index (χ1v) is 9.11. The van der Waals surface area contributed by atoms with Gasteiger partial charge < -0.3 is 19.9 Å². The number of methoxy groups -OCH3 is 1. The molecule has 3 rings (SSSR count). The predicted octanol–water partition coefficient (Wildman–Crippen LogP) is 3.66. The number of anilines is 1. The number of rotatable bonds is 7. The highest BCUT2D eigenvalue weighted by Gasteiger charge is 2.10. The second-order valence-corrected chi connectivity index (χ2v) is 6.72. The van der Waals surface area contributed by atoms with Crippen molar-refractivity contribution in [3.8, 4) is 0 Å². The molecular formula is C21H26N4O2. The Hall–Kier alpha value is -2.86. The van der Waals surface area contributed by atoms with E-state index in [4.69, 9.17) is 4.74 Å². The lowest BCUT2D eigenvalue weighted by Gasteiger charge is -2.09. The number of hydrogen-bond donors (Lipinski definition) is 2. The molecule has 2 heterocycles. The first kappa shape index (κ1) is 18.9. The fraction of sp³-hybridized carbons (Fsp3) is 0.333. The SMILES string of the molecule is COCCn1cc(CCNC(=O)Nc2cc(C)cc(C)c2)c2cccnc21. The van der Waals surface area contributed by atoms with Crippen molar-refractivity contribution in [2.24, 2.45) is 0 Å². The molecule has 0 saturated carbocycles. The predicted molar refractivity (Wildman–Crippen MR) is 108 cm³/mol. The number of carbonyl (C=O) groups excluding carboxylic acids is 1. The van der Waals surface area contributed by atoms with Crippen LogP contribution in [0.15, 0.2) is 42.7 Å². The lowest BCUT2D eigenvalue weighted by atomic mass is 10.1. The smallest absolute Gasteiger partial charge is 0.319 e. The van der Waals surface area contributed by atoms with Crippen molar-refractivity contribution in [1.29, 1.82) is 0 Å². The molecule has 2 amide bonds. The van der Waals surface area contributed by atoms with Crippen LogP contribution < -0.4 is 10.6 Å². The second kappa shape index (κ2) is 8.68. The molecule has 2 N–H and O–H groups in total. The lowest BCUT2D eigenvalue weighted by molar-refractivity contribution is 0.188. The molecule has 0 aliphatic rings. The molecule has 27 heavy (non-hydrogen) atoms. The van der Waals surface area contributed by atoms with Crippen molar-refractivity contribution in [2.75, 3.05) is 25.6 Å². The van der Waals surface area contributed by atoms with Crippen molar-refractivity contribution in [3.63, 3.8) is 0 Å². The van der Waals surface area contributed by atoms with Gasteiger partial charge in [0.25, 0.3) is 0 Å². The summed E-state index contributed by atoms with van der Waals surface area (Å²) in [5, 5.41) is 6.94. The number of carbonyl (C=O) groups is 1. The maximum absolute atomic E-state index is 12.2. The Morgan fingerprint density at radius 3 is 2.74 bits per heavy atom. The van der Waals surface area contributed by atoms with Crippen LogP contribution in [0.25, 0.3) is 11.0 Å². The Morgan fingerprint density at radius 2 is 2.00 bits per heavy atom. The molecule has 142 valence electrons. The number of benzene rings is 1. The number of aromatic nitrogens is 2. The van der Waals surface area contributed by atoms with Crippen LogP contribution in [0.4, 0.5) is 10.5 Å². The van der Waals surface area contributed by atoms with Crippen LogP contribution in [-0.2, 0) is 17.7 Å². The van der Waals surface area contributed by atoms with Gasteiger partial charge in [-0.2, -0.15) is 0 Å². The highest BCUT2D eigenvalue weighted by atomic mass is 16.5. The first-order valence-electron chi connectivity index (χ1n) is 9.11. The van der Waals surface area contributed by atoms with Crippen LogP contribution in [0.3, 0.4) is 0 Å². The number of hydrogen-bond acceptors (Lipinski definition) is 3. The van der Waals surface area contributed by atoms with Gasteiger partial charge in [0.05, 0.1) is 6.61 Å². The van der Waals surface area contributed by atoms with Crippen molar-refractivity contribution in [1.82, 2.24) is 14.9 Å². The summed E-state index contributed by atoms with van der Waals surface area (Å²) in [6.45, 7) is 5.98. The van der Waals surface area contributed by atoms with E-state index in [0.717, 1.165) is 40.8 Å². The zero-order valence-corrected chi connectivity index (χ0v) is 16.1. The van der Waals surface area contributed by atoms with Crippen LogP contribution in [0.2, 0.25) is 0 Å². The fourth-order valence-corrected chi connectivity index (χ4v) is 3.29. The van der Waals surface area contributed by atoms with Crippen molar-refractivity contribution in [2.45, 2.75) is 26.8 Å².